The van der Waals surface area contributed by atoms with Crippen LogP contribution in [-0.2, 0) is 16.1 Å². The van der Waals surface area contributed by atoms with Gasteiger partial charge in [-0.3, -0.25) is 19.4 Å². The van der Waals surface area contributed by atoms with E-state index in [-0.39, 0.29) is 30.7 Å². The molecule has 160 valence electrons. The van der Waals surface area contributed by atoms with Crippen molar-refractivity contribution >= 4 is 45.4 Å². The number of carbonyl (C=O) groups excluding carboxylic acids is 3. The van der Waals surface area contributed by atoms with Gasteiger partial charge in [-0.1, -0.05) is 12.1 Å². The molecule has 0 radical (unpaired) electrons. The highest BCUT2D eigenvalue weighted by atomic mass is 79.9. The highest BCUT2D eigenvalue weighted by Crippen LogP contribution is 2.16. The molecule has 1 unspecified atom stereocenters. The second-order valence-corrected chi connectivity index (χ2v) is 8.30. The van der Waals surface area contributed by atoms with E-state index in [4.69, 9.17) is 0 Å². The van der Waals surface area contributed by atoms with E-state index in [9.17, 15) is 14.4 Å². The number of thioether (sulfide) groups is 1. The topological polar surface area (TPSA) is 100 Å². The lowest BCUT2D eigenvalue weighted by molar-refractivity contribution is -0.123. The summed E-state index contributed by atoms with van der Waals surface area (Å²) in [5.41, 5.74) is 1.42. The number of benzene rings is 1. The molecule has 0 bridgehead atoms. The SMILES string of the molecule is CSCCC(NC(=O)c1ccccc1Br)C(=O)NCCC(=O)NCc1ccncc1. The van der Waals surface area contributed by atoms with Crippen LogP contribution in [0, 0.1) is 0 Å². The standard InChI is InChI=1S/C21H25BrN4O3S/c1-30-13-9-18(26-20(28)16-4-2-3-5-17(16)22)21(29)24-12-8-19(27)25-14-15-6-10-23-11-7-15/h2-7,10-11,18H,8-9,12-14H2,1H3,(H,24,29)(H,25,27)(H,26,28). The molecule has 0 aliphatic heterocycles. The molecule has 0 saturated carbocycles. The first-order valence-corrected chi connectivity index (χ1v) is 11.7. The second kappa shape index (κ2) is 13.0. The van der Waals surface area contributed by atoms with Gasteiger partial charge in [0.1, 0.15) is 6.04 Å². The van der Waals surface area contributed by atoms with Gasteiger partial charge >= 0.3 is 0 Å². The summed E-state index contributed by atoms with van der Waals surface area (Å²) in [4.78, 5) is 41.0. The van der Waals surface area contributed by atoms with Gasteiger partial charge in [-0.15, -0.1) is 0 Å². The largest absolute Gasteiger partial charge is 0.354 e. The van der Waals surface area contributed by atoms with Crippen LogP contribution in [0.15, 0.2) is 53.3 Å². The fourth-order valence-corrected chi connectivity index (χ4v) is 3.53. The molecule has 1 heterocycles. The number of hydrogen-bond donors (Lipinski definition) is 3. The molecule has 1 aromatic heterocycles. The van der Waals surface area contributed by atoms with Crippen LogP contribution in [0.2, 0.25) is 0 Å². The van der Waals surface area contributed by atoms with Gasteiger partial charge in [0.2, 0.25) is 11.8 Å². The molecular formula is C21H25BrN4O3S. The van der Waals surface area contributed by atoms with E-state index >= 15 is 0 Å². The lowest BCUT2D eigenvalue weighted by Crippen LogP contribution is -2.47. The minimum absolute atomic E-state index is 0.157. The van der Waals surface area contributed by atoms with Crippen LogP contribution in [0.5, 0.6) is 0 Å². The van der Waals surface area contributed by atoms with E-state index in [1.54, 1.807) is 42.4 Å². The van der Waals surface area contributed by atoms with Crippen LogP contribution in [0.4, 0.5) is 0 Å². The molecule has 0 aliphatic carbocycles. The maximum Gasteiger partial charge on any atom is 0.253 e. The van der Waals surface area contributed by atoms with Crippen molar-refractivity contribution < 1.29 is 14.4 Å². The number of hydrogen-bond acceptors (Lipinski definition) is 5. The predicted octanol–water partition coefficient (Wildman–Crippen LogP) is 2.52. The number of aromatic nitrogens is 1. The van der Waals surface area contributed by atoms with Crippen LogP contribution in [0.25, 0.3) is 0 Å². The normalized spacial score (nSPS) is 11.4. The van der Waals surface area contributed by atoms with Crippen molar-refractivity contribution in [1.82, 2.24) is 20.9 Å². The van der Waals surface area contributed by atoms with Crippen molar-refractivity contribution in [2.75, 3.05) is 18.6 Å². The number of carbonyl (C=O) groups is 3. The summed E-state index contributed by atoms with van der Waals surface area (Å²) in [5.74, 6) is -0.0592. The van der Waals surface area contributed by atoms with Crippen molar-refractivity contribution in [2.45, 2.75) is 25.4 Å². The van der Waals surface area contributed by atoms with Crippen LogP contribution >= 0.6 is 27.7 Å². The number of rotatable bonds is 11. The molecular weight excluding hydrogens is 468 g/mol. The van der Waals surface area contributed by atoms with E-state index in [1.165, 1.54) is 0 Å². The van der Waals surface area contributed by atoms with E-state index in [0.29, 0.717) is 23.0 Å². The van der Waals surface area contributed by atoms with Crippen molar-refractivity contribution in [2.24, 2.45) is 0 Å². The number of pyridine rings is 1. The maximum absolute atomic E-state index is 12.6. The maximum atomic E-state index is 12.6. The number of halogens is 1. The van der Waals surface area contributed by atoms with E-state index in [1.807, 2.05) is 24.5 Å². The average molecular weight is 493 g/mol. The summed E-state index contributed by atoms with van der Waals surface area (Å²) in [5, 5.41) is 8.34. The minimum atomic E-state index is -0.670. The Morgan fingerprint density at radius 1 is 1.10 bits per heavy atom. The number of nitrogens with zero attached hydrogens (tertiary/aromatic N) is 1. The van der Waals surface area contributed by atoms with Gasteiger partial charge < -0.3 is 16.0 Å². The summed E-state index contributed by atoms with van der Waals surface area (Å²) in [6.07, 6.45) is 5.93. The second-order valence-electron chi connectivity index (χ2n) is 6.46. The smallest absolute Gasteiger partial charge is 0.253 e. The molecule has 1 aromatic carbocycles. The van der Waals surface area contributed by atoms with Crippen LogP contribution in [-0.4, -0.2) is 47.3 Å². The van der Waals surface area contributed by atoms with Crippen molar-refractivity contribution in [3.05, 3.63) is 64.4 Å². The Morgan fingerprint density at radius 3 is 2.53 bits per heavy atom. The summed E-state index contributed by atoms with van der Waals surface area (Å²) in [6.45, 7) is 0.606. The predicted molar refractivity (Wildman–Crippen MR) is 122 cm³/mol. The first-order valence-electron chi connectivity index (χ1n) is 9.49. The number of amides is 3. The first-order chi connectivity index (χ1) is 14.5. The Balaban J connectivity index is 1.81. The van der Waals surface area contributed by atoms with Gasteiger partial charge in [0, 0.05) is 36.4 Å². The third-order valence-electron chi connectivity index (χ3n) is 4.24. The van der Waals surface area contributed by atoms with Crippen molar-refractivity contribution in [3.8, 4) is 0 Å². The zero-order chi connectivity index (χ0) is 21.8. The molecule has 9 heteroatoms. The highest BCUT2D eigenvalue weighted by Gasteiger charge is 2.22. The molecule has 2 aromatic rings. The fraction of sp³-hybridized carbons (Fsp3) is 0.333. The Morgan fingerprint density at radius 2 is 1.83 bits per heavy atom. The van der Waals surface area contributed by atoms with Gasteiger partial charge in [0.15, 0.2) is 0 Å². The molecule has 30 heavy (non-hydrogen) atoms. The molecule has 0 aliphatic rings. The first kappa shape index (κ1) is 23.9. The Labute approximate surface area is 188 Å². The molecule has 3 amide bonds. The van der Waals surface area contributed by atoms with Gasteiger partial charge in [0.25, 0.3) is 5.91 Å². The molecule has 2 rings (SSSR count). The minimum Gasteiger partial charge on any atom is -0.354 e. The van der Waals surface area contributed by atoms with Gasteiger partial charge in [-0.2, -0.15) is 11.8 Å². The van der Waals surface area contributed by atoms with Crippen molar-refractivity contribution in [3.63, 3.8) is 0 Å². The molecule has 0 spiro atoms. The van der Waals surface area contributed by atoms with Gasteiger partial charge in [-0.25, -0.2) is 0 Å². The summed E-state index contributed by atoms with van der Waals surface area (Å²) in [6, 6.07) is 10.0. The van der Waals surface area contributed by atoms with E-state index < -0.39 is 6.04 Å². The van der Waals surface area contributed by atoms with Crippen LogP contribution < -0.4 is 16.0 Å². The van der Waals surface area contributed by atoms with E-state index in [0.717, 1.165) is 11.3 Å². The molecule has 3 N–H and O–H groups in total. The summed E-state index contributed by atoms with van der Waals surface area (Å²) in [7, 11) is 0. The zero-order valence-electron chi connectivity index (χ0n) is 16.7. The lowest BCUT2D eigenvalue weighted by atomic mass is 10.1. The van der Waals surface area contributed by atoms with E-state index in [2.05, 4.69) is 36.9 Å². The monoisotopic (exact) mass is 492 g/mol. The van der Waals surface area contributed by atoms with Gasteiger partial charge in [-0.05, 0) is 64.2 Å². The average Bonchev–Trinajstić information content (AvgIpc) is 2.76. The highest BCUT2D eigenvalue weighted by molar-refractivity contribution is 9.10. The summed E-state index contributed by atoms with van der Waals surface area (Å²) < 4.78 is 0.664. The molecule has 7 nitrogen and oxygen atoms in total. The molecule has 1 atom stereocenters. The zero-order valence-corrected chi connectivity index (χ0v) is 19.1. The lowest BCUT2D eigenvalue weighted by Gasteiger charge is -2.18. The van der Waals surface area contributed by atoms with Crippen LogP contribution in [0.3, 0.4) is 0 Å². The Bertz CT molecular complexity index is 851. The molecule has 0 saturated heterocycles. The fourth-order valence-electron chi connectivity index (χ4n) is 2.60. The van der Waals surface area contributed by atoms with Crippen LogP contribution in [0.1, 0.15) is 28.8 Å². The van der Waals surface area contributed by atoms with Crippen molar-refractivity contribution in [1.29, 1.82) is 0 Å². The Hall–Kier alpha value is -2.39. The summed E-state index contributed by atoms with van der Waals surface area (Å²) >= 11 is 4.95. The third kappa shape index (κ3) is 8.16. The third-order valence-corrected chi connectivity index (χ3v) is 5.58. The number of nitrogens with one attached hydrogen (secondary N) is 3. The van der Waals surface area contributed by atoms with Gasteiger partial charge in [0.05, 0.1) is 5.56 Å². The molecule has 0 fully saturated rings. The quantitative estimate of drug-likeness (QED) is 0.447. The Kier molecular flexibility index (Phi) is 10.4.